The highest BCUT2D eigenvalue weighted by Gasteiger charge is 2.21. The van der Waals surface area contributed by atoms with Gasteiger partial charge in [0, 0.05) is 24.5 Å². The number of benzene rings is 1. The van der Waals surface area contributed by atoms with E-state index < -0.39 is 0 Å². The lowest BCUT2D eigenvalue weighted by atomic mass is 9.86. The van der Waals surface area contributed by atoms with Crippen LogP contribution in [-0.2, 0) is 0 Å². The molecule has 16 heavy (non-hydrogen) atoms. The number of rotatable bonds is 2. The van der Waals surface area contributed by atoms with Gasteiger partial charge >= 0.3 is 0 Å². The van der Waals surface area contributed by atoms with Gasteiger partial charge in [0.1, 0.15) is 0 Å². The maximum atomic E-state index is 5.70. The lowest BCUT2D eigenvalue weighted by Crippen LogP contribution is -2.35. The lowest BCUT2D eigenvalue weighted by Gasteiger charge is -2.35. The first-order valence-electron chi connectivity index (χ1n) is 6.27. The Labute approximate surface area is 98.4 Å². The zero-order valence-electron chi connectivity index (χ0n) is 10.3. The van der Waals surface area contributed by atoms with Crippen LogP contribution in [0.2, 0.25) is 0 Å². The molecular weight excluding hydrogens is 196 g/mol. The van der Waals surface area contributed by atoms with E-state index in [-0.39, 0.29) is 0 Å². The quantitative estimate of drug-likeness (QED) is 0.773. The lowest BCUT2D eigenvalue weighted by molar-refractivity contribution is 0.311. The van der Waals surface area contributed by atoms with Crippen molar-refractivity contribution in [2.24, 2.45) is 11.8 Å². The molecule has 2 heteroatoms. The summed E-state index contributed by atoms with van der Waals surface area (Å²) < 4.78 is 0. The fourth-order valence-electron chi connectivity index (χ4n) is 2.51. The van der Waals surface area contributed by atoms with Crippen LogP contribution in [-0.4, -0.2) is 13.1 Å². The highest BCUT2D eigenvalue weighted by atomic mass is 15.1. The van der Waals surface area contributed by atoms with Crippen LogP contribution in [0.4, 0.5) is 11.4 Å². The van der Waals surface area contributed by atoms with Crippen molar-refractivity contribution < 1.29 is 0 Å². The molecule has 0 spiro atoms. The summed E-state index contributed by atoms with van der Waals surface area (Å²) in [6, 6.07) is 8.24. The minimum atomic E-state index is 0.827. The number of nitrogens with zero attached hydrogens (tertiary/aromatic N) is 1. The molecule has 0 aliphatic carbocycles. The standard InChI is InChI=1S/C14H22N2/c1-11(2)12-7-9-16(10-8-12)14-5-3-13(15)4-6-14/h3-6,11-12H,7-10,15H2,1-2H3. The fraction of sp³-hybridized carbons (Fsp3) is 0.571. The summed E-state index contributed by atoms with van der Waals surface area (Å²) in [6.45, 7) is 7.05. The predicted molar refractivity (Wildman–Crippen MR) is 70.6 cm³/mol. The molecule has 1 heterocycles. The van der Waals surface area contributed by atoms with Gasteiger partial charge in [0.2, 0.25) is 0 Å². The zero-order chi connectivity index (χ0) is 11.5. The smallest absolute Gasteiger partial charge is 0.0367 e. The van der Waals surface area contributed by atoms with Gasteiger partial charge < -0.3 is 10.6 Å². The minimum absolute atomic E-state index is 0.827. The first-order valence-corrected chi connectivity index (χ1v) is 6.27. The van der Waals surface area contributed by atoms with E-state index in [0.29, 0.717) is 0 Å². The second kappa shape index (κ2) is 4.77. The number of nitrogen functional groups attached to an aromatic ring is 1. The number of hydrogen-bond donors (Lipinski definition) is 1. The van der Waals surface area contributed by atoms with Crippen molar-refractivity contribution in [2.45, 2.75) is 26.7 Å². The van der Waals surface area contributed by atoms with Crippen LogP contribution in [0.1, 0.15) is 26.7 Å². The third-order valence-electron chi connectivity index (χ3n) is 3.74. The molecule has 0 aromatic heterocycles. The molecule has 88 valence electrons. The molecule has 1 aromatic rings. The van der Waals surface area contributed by atoms with E-state index in [1.807, 2.05) is 12.1 Å². The number of anilines is 2. The van der Waals surface area contributed by atoms with Gasteiger partial charge in [0.15, 0.2) is 0 Å². The Kier molecular flexibility index (Phi) is 3.37. The van der Waals surface area contributed by atoms with Gasteiger partial charge in [-0.3, -0.25) is 0 Å². The highest BCUT2D eigenvalue weighted by molar-refractivity contribution is 5.53. The van der Waals surface area contributed by atoms with Gasteiger partial charge in [-0.25, -0.2) is 0 Å². The maximum Gasteiger partial charge on any atom is 0.0367 e. The van der Waals surface area contributed by atoms with Crippen LogP contribution in [0.15, 0.2) is 24.3 Å². The van der Waals surface area contributed by atoms with Gasteiger partial charge in [-0.2, -0.15) is 0 Å². The van der Waals surface area contributed by atoms with Crippen molar-refractivity contribution in [1.82, 2.24) is 0 Å². The Morgan fingerprint density at radius 1 is 1.12 bits per heavy atom. The van der Waals surface area contributed by atoms with Crippen LogP contribution in [0.5, 0.6) is 0 Å². The van der Waals surface area contributed by atoms with Gasteiger partial charge in [0.05, 0.1) is 0 Å². The number of piperidine rings is 1. The Bertz CT molecular complexity index is 321. The van der Waals surface area contributed by atoms with Crippen LogP contribution in [0.25, 0.3) is 0 Å². The minimum Gasteiger partial charge on any atom is -0.399 e. The molecule has 0 atom stereocenters. The van der Waals surface area contributed by atoms with E-state index in [1.165, 1.54) is 31.6 Å². The Morgan fingerprint density at radius 3 is 2.19 bits per heavy atom. The normalized spacial score (nSPS) is 18.1. The Morgan fingerprint density at radius 2 is 1.69 bits per heavy atom. The zero-order valence-corrected chi connectivity index (χ0v) is 10.3. The van der Waals surface area contributed by atoms with Crippen LogP contribution < -0.4 is 10.6 Å². The molecule has 1 aromatic carbocycles. The molecule has 1 saturated heterocycles. The van der Waals surface area contributed by atoms with E-state index in [1.54, 1.807) is 0 Å². The van der Waals surface area contributed by atoms with Crippen LogP contribution in [0.3, 0.4) is 0 Å². The average Bonchev–Trinajstić information content (AvgIpc) is 2.30. The predicted octanol–water partition coefficient (Wildman–Crippen LogP) is 3.14. The Balaban J connectivity index is 1.96. The average molecular weight is 218 g/mol. The summed E-state index contributed by atoms with van der Waals surface area (Å²) in [5, 5.41) is 0. The van der Waals surface area contributed by atoms with Crippen molar-refractivity contribution in [3.63, 3.8) is 0 Å². The summed E-state index contributed by atoms with van der Waals surface area (Å²) in [5.74, 6) is 1.73. The van der Waals surface area contributed by atoms with Gasteiger partial charge in [-0.05, 0) is 48.9 Å². The van der Waals surface area contributed by atoms with Crippen molar-refractivity contribution in [2.75, 3.05) is 23.7 Å². The maximum absolute atomic E-state index is 5.70. The third-order valence-corrected chi connectivity index (χ3v) is 3.74. The molecule has 2 nitrogen and oxygen atoms in total. The molecular formula is C14H22N2. The summed E-state index contributed by atoms with van der Waals surface area (Å²) in [7, 11) is 0. The largest absolute Gasteiger partial charge is 0.399 e. The number of nitrogens with two attached hydrogens (primary N) is 1. The van der Waals surface area contributed by atoms with Crippen molar-refractivity contribution in [1.29, 1.82) is 0 Å². The first-order chi connectivity index (χ1) is 7.66. The summed E-state index contributed by atoms with van der Waals surface area (Å²) >= 11 is 0. The molecule has 0 unspecified atom stereocenters. The van der Waals surface area contributed by atoms with Gasteiger partial charge in [-0.15, -0.1) is 0 Å². The molecule has 1 aliphatic heterocycles. The second-order valence-electron chi connectivity index (χ2n) is 5.16. The SMILES string of the molecule is CC(C)C1CCN(c2ccc(N)cc2)CC1. The molecule has 0 bridgehead atoms. The van der Waals surface area contributed by atoms with Crippen LogP contribution in [0, 0.1) is 11.8 Å². The van der Waals surface area contributed by atoms with E-state index in [4.69, 9.17) is 5.73 Å². The van der Waals surface area contributed by atoms with Crippen molar-refractivity contribution in [3.8, 4) is 0 Å². The van der Waals surface area contributed by atoms with Gasteiger partial charge in [0.25, 0.3) is 0 Å². The molecule has 2 N–H and O–H groups in total. The summed E-state index contributed by atoms with van der Waals surface area (Å²) in [6.07, 6.45) is 2.64. The number of hydrogen-bond acceptors (Lipinski definition) is 2. The second-order valence-corrected chi connectivity index (χ2v) is 5.16. The topological polar surface area (TPSA) is 29.3 Å². The van der Waals surface area contributed by atoms with Crippen LogP contribution >= 0.6 is 0 Å². The van der Waals surface area contributed by atoms with E-state index >= 15 is 0 Å². The van der Waals surface area contributed by atoms with Crippen molar-refractivity contribution >= 4 is 11.4 Å². The van der Waals surface area contributed by atoms with E-state index in [0.717, 1.165) is 17.5 Å². The summed E-state index contributed by atoms with van der Waals surface area (Å²) in [5.41, 5.74) is 7.86. The molecule has 1 fully saturated rings. The Hall–Kier alpha value is -1.18. The summed E-state index contributed by atoms with van der Waals surface area (Å²) in [4.78, 5) is 2.47. The first kappa shape index (κ1) is 11.3. The van der Waals surface area contributed by atoms with E-state index in [2.05, 4.69) is 30.9 Å². The fourth-order valence-corrected chi connectivity index (χ4v) is 2.51. The highest BCUT2D eigenvalue weighted by Crippen LogP contribution is 2.27. The monoisotopic (exact) mass is 218 g/mol. The molecule has 2 rings (SSSR count). The van der Waals surface area contributed by atoms with Gasteiger partial charge in [-0.1, -0.05) is 13.8 Å². The molecule has 0 amide bonds. The third kappa shape index (κ3) is 2.49. The molecule has 0 saturated carbocycles. The van der Waals surface area contributed by atoms with Crippen molar-refractivity contribution in [3.05, 3.63) is 24.3 Å². The molecule has 1 aliphatic rings. The van der Waals surface area contributed by atoms with E-state index in [9.17, 15) is 0 Å². The molecule has 0 radical (unpaired) electrons.